The van der Waals surface area contributed by atoms with Crippen LogP contribution in [0.15, 0.2) is 0 Å². The van der Waals surface area contributed by atoms with Gasteiger partial charge >= 0.3 is 0 Å². The van der Waals surface area contributed by atoms with E-state index in [-0.39, 0.29) is 0 Å². The summed E-state index contributed by atoms with van der Waals surface area (Å²) in [4.78, 5) is 11.6. The molecule has 0 aliphatic carbocycles. The third-order valence-corrected chi connectivity index (χ3v) is 4.04. The third kappa shape index (κ3) is 3.93. The fourth-order valence-corrected chi connectivity index (χ4v) is 2.18. The predicted molar refractivity (Wildman–Crippen MR) is 59.5 cm³/mol. The number of carbonyl (C=O) groups excluding carboxylic acids is 1. The third-order valence-electron chi connectivity index (χ3n) is 2.26. The van der Waals surface area contributed by atoms with Gasteiger partial charge in [0.2, 0.25) is 0 Å². The number of carbonyl (C=O) groups is 1. The minimum Gasteiger partial charge on any atom is -0.394 e. The molecule has 6 nitrogen and oxygen atoms in total. The Hall–Kier alpha value is -0.313. The lowest BCUT2D eigenvalue weighted by Crippen LogP contribution is -2.53. The molecule has 0 aliphatic rings. The second-order valence-electron chi connectivity index (χ2n) is 4.79. The molecule has 0 aromatic heterocycles. The van der Waals surface area contributed by atoms with E-state index >= 15 is 0 Å². The summed E-state index contributed by atoms with van der Waals surface area (Å²) in [5, 5.41) is 45.4. The average molecular weight is 252 g/mol. The highest BCUT2D eigenvalue weighted by molar-refractivity contribution is 7.04. The van der Waals surface area contributed by atoms with E-state index in [1.807, 2.05) is 0 Å². The molecule has 0 saturated heterocycles. The Morgan fingerprint density at radius 1 is 1.06 bits per heavy atom. The monoisotopic (exact) mass is 252 g/mol. The number of hydrogen-bond donors (Lipinski definition) is 5. The van der Waals surface area contributed by atoms with Crippen LogP contribution >= 0.6 is 0 Å². The van der Waals surface area contributed by atoms with Gasteiger partial charge in [0.1, 0.15) is 37.9 Å². The maximum absolute atomic E-state index is 11.6. The minimum atomic E-state index is -2.28. The van der Waals surface area contributed by atoms with Gasteiger partial charge in [0.25, 0.3) is 0 Å². The van der Waals surface area contributed by atoms with Crippen LogP contribution in [0.25, 0.3) is 0 Å². The molecule has 0 fully saturated rings. The molecule has 0 heterocycles. The number of hydrogen-bond acceptors (Lipinski definition) is 6. The fraction of sp³-hybridized carbons (Fsp3) is 0.889. The first-order valence-electron chi connectivity index (χ1n) is 5.00. The Kier molecular flexibility index (Phi) is 5.74. The Bertz CT molecular complexity index is 239. The molecule has 0 aromatic carbocycles. The first kappa shape index (κ1) is 15.7. The molecule has 7 heteroatoms. The summed E-state index contributed by atoms with van der Waals surface area (Å²) in [5.41, 5.74) is 0. The van der Waals surface area contributed by atoms with Crippen molar-refractivity contribution in [3.63, 3.8) is 0 Å². The molecule has 0 aromatic rings. The van der Waals surface area contributed by atoms with E-state index in [0.717, 1.165) is 0 Å². The van der Waals surface area contributed by atoms with Gasteiger partial charge in [0.15, 0.2) is 0 Å². The van der Waals surface area contributed by atoms with Crippen molar-refractivity contribution in [2.24, 2.45) is 0 Å². The largest absolute Gasteiger partial charge is 0.394 e. The van der Waals surface area contributed by atoms with Crippen molar-refractivity contribution in [3.8, 4) is 0 Å². The van der Waals surface area contributed by atoms with Gasteiger partial charge in [-0.1, -0.05) is 19.6 Å². The minimum absolute atomic E-state index is 0.510. The van der Waals surface area contributed by atoms with Crippen LogP contribution in [0.3, 0.4) is 0 Å². The fourth-order valence-electron chi connectivity index (χ4n) is 1.12. The average Bonchev–Trinajstić information content (AvgIpc) is 2.22. The standard InChI is InChI=1S/C9H20O6Si/c1-16(2,3)9(15)8(14)7(13)6(12)5(11)4-10/h5-8,10-14H,4H2,1-3H3. The molecule has 0 bridgehead atoms. The summed E-state index contributed by atoms with van der Waals surface area (Å²) in [6, 6.07) is 0. The van der Waals surface area contributed by atoms with E-state index in [0.29, 0.717) is 0 Å². The van der Waals surface area contributed by atoms with Crippen molar-refractivity contribution >= 4 is 13.5 Å². The highest BCUT2D eigenvalue weighted by Crippen LogP contribution is 2.12. The lowest BCUT2D eigenvalue weighted by Gasteiger charge is -2.28. The van der Waals surface area contributed by atoms with Gasteiger partial charge in [0, 0.05) is 0 Å². The number of aliphatic hydroxyl groups is 5. The van der Waals surface area contributed by atoms with Crippen LogP contribution in [-0.4, -0.2) is 70.0 Å². The van der Waals surface area contributed by atoms with Crippen LogP contribution in [0.4, 0.5) is 0 Å². The normalized spacial score (nSPS) is 20.0. The van der Waals surface area contributed by atoms with E-state index in [9.17, 15) is 20.1 Å². The molecule has 0 saturated carbocycles. The molecule has 5 N–H and O–H groups in total. The summed E-state index contributed by atoms with van der Waals surface area (Å²) >= 11 is 0. The van der Waals surface area contributed by atoms with Crippen molar-refractivity contribution in [1.82, 2.24) is 0 Å². The highest BCUT2D eigenvalue weighted by atomic mass is 28.3. The van der Waals surface area contributed by atoms with Crippen molar-refractivity contribution in [1.29, 1.82) is 0 Å². The van der Waals surface area contributed by atoms with Crippen LogP contribution in [0.2, 0.25) is 19.6 Å². The summed E-state index contributed by atoms with van der Waals surface area (Å²) in [5.74, 6) is 0. The number of rotatable bonds is 6. The zero-order valence-corrected chi connectivity index (χ0v) is 10.7. The van der Waals surface area contributed by atoms with Gasteiger partial charge < -0.3 is 30.3 Å². The van der Waals surface area contributed by atoms with Crippen LogP contribution in [-0.2, 0) is 4.79 Å². The first-order chi connectivity index (χ1) is 7.12. The van der Waals surface area contributed by atoms with E-state index in [4.69, 9.17) is 10.2 Å². The van der Waals surface area contributed by atoms with Gasteiger partial charge in [-0.15, -0.1) is 0 Å². The van der Waals surface area contributed by atoms with Crippen LogP contribution < -0.4 is 0 Å². The topological polar surface area (TPSA) is 118 Å². The Morgan fingerprint density at radius 2 is 1.50 bits per heavy atom. The molecule has 16 heavy (non-hydrogen) atoms. The molecule has 0 radical (unpaired) electrons. The Labute approximate surface area is 95.2 Å². The molecular formula is C9H20O6Si. The molecule has 4 atom stereocenters. The predicted octanol–water partition coefficient (Wildman–Crippen LogP) is -2.13. The molecule has 0 rings (SSSR count). The van der Waals surface area contributed by atoms with E-state index in [2.05, 4.69) is 0 Å². The van der Waals surface area contributed by atoms with Crippen molar-refractivity contribution < 1.29 is 30.3 Å². The van der Waals surface area contributed by atoms with Crippen molar-refractivity contribution in [2.75, 3.05) is 6.61 Å². The van der Waals surface area contributed by atoms with Gasteiger partial charge in [-0.2, -0.15) is 0 Å². The molecule has 0 aliphatic heterocycles. The summed E-state index contributed by atoms with van der Waals surface area (Å²) in [6.07, 6.45) is -6.86. The summed E-state index contributed by atoms with van der Waals surface area (Å²) in [7, 11) is -2.28. The van der Waals surface area contributed by atoms with Crippen molar-refractivity contribution in [2.45, 2.75) is 44.1 Å². The van der Waals surface area contributed by atoms with E-state index < -0.39 is 44.5 Å². The van der Waals surface area contributed by atoms with E-state index in [1.54, 1.807) is 19.6 Å². The maximum atomic E-state index is 11.6. The van der Waals surface area contributed by atoms with Crippen LogP contribution in [0.1, 0.15) is 0 Å². The highest BCUT2D eigenvalue weighted by Gasteiger charge is 2.39. The second-order valence-corrected chi connectivity index (χ2v) is 9.78. The second kappa shape index (κ2) is 5.85. The zero-order chi connectivity index (χ0) is 13.1. The quantitative estimate of drug-likeness (QED) is 0.345. The van der Waals surface area contributed by atoms with Crippen LogP contribution in [0.5, 0.6) is 0 Å². The van der Waals surface area contributed by atoms with Gasteiger partial charge in [-0.05, 0) is 0 Å². The molecule has 0 spiro atoms. The molecule has 0 amide bonds. The summed E-state index contributed by atoms with van der Waals surface area (Å²) in [6.45, 7) is 4.33. The lowest BCUT2D eigenvalue weighted by atomic mass is 10.0. The van der Waals surface area contributed by atoms with Gasteiger partial charge in [-0.3, -0.25) is 0 Å². The number of aliphatic hydroxyl groups excluding tert-OH is 5. The van der Waals surface area contributed by atoms with Gasteiger partial charge in [0.05, 0.1) is 6.61 Å². The zero-order valence-electron chi connectivity index (χ0n) is 9.66. The van der Waals surface area contributed by atoms with Crippen molar-refractivity contribution in [3.05, 3.63) is 0 Å². The van der Waals surface area contributed by atoms with Crippen LogP contribution in [0, 0.1) is 0 Å². The first-order valence-corrected chi connectivity index (χ1v) is 8.50. The Balaban J connectivity index is 4.61. The van der Waals surface area contributed by atoms with E-state index in [1.165, 1.54) is 0 Å². The summed E-state index contributed by atoms with van der Waals surface area (Å²) < 4.78 is 0. The molecule has 4 unspecified atom stereocenters. The molecule has 96 valence electrons. The Morgan fingerprint density at radius 3 is 1.81 bits per heavy atom. The lowest BCUT2D eigenvalue weighted by molar-refractivity contribution is -0.140. The maximum Gasteiger partial charge on any atom is 0.141 e. The molecular weight excluding hydrogens is 232 g/mol. The smallest absolute Gasteiger partial charge is 0.141 e. The SMILES string of the molecule is C[Si](C)(C)C(=O)C(O)C(O)C(O)C(O)CO. The van der Waals surface area contributed by atoms with Gasteiger partial charge in [-0.25, -0.2) is 0 Å².